The van der Waals surface area contributed by atoms with E-state index in [-0.39, 0.29) is 0 Å². The number of hydrogen-bond donors (Lipinski definition) is 0. The lowest BCUT2D eigenvalue weighted by atomic mass is 9.98. The van der Waals surface area contributed by atoms with Gasteiger partial charge in [-0.1, -0.05) is 0 Å². The van der Waals surface area contributed by atoms with E-state index in [2.05, 4.69) is 4.90 Å². The van der Waals surface area contributed by atoms with Crippen molar-refractivity contribution in [2.24, 2.45) is 0 Å². The molecular weight excluding hydrogens is 300 g/mol. The third kappa shape index (κ3) is 3.45. The van der Waals surface area contributed by atoms with E-state index < -0.39 is 11.6 Å². The van der Waals surface area contributed by atoms with Crippen molar-refractivity contribution in [1.29, 1.82) is 0 Å². The summed E-state index contributed by atoms with van der Waals surface area (Å²) < 4.78 is 37.3. The zero-order chi connectivity index (χ0) is 16.4. The fourth-order valence-electron chi connectivity index (χ4n) is 3.04. The molecule has 1 aliphatic heterocycles. The van der Waals surface area contributed by atoms with Gasteiger partial charge >= 0.3 is 0 Å². The molecule has 0 aliphatic carbocycles. The van der Waals surface area contributed by atoms with Crippen molar-refractivity contribution >= 4 is 0 Å². The standard InChI is InChI=1S/C18H19F2NO2/c1-22-17-7-13-3-4-21(11-14(13)8-18(17)23-2)10-12-5-15(19)9-16(20)6-12/h5-9H,3-4,10-11H2,1-2H3. The van der Waals surface area contributed by atoms with E-state index in [1.54, 1.807) is 14.2 Å². The van der Waals surface area contributed by atoms with Crippen LogP contribution in [0.4, 0.5) is 8.78 Å². The molecule has 0 saturated carbocycles. The van der Waals surface area contributed by atoms with Crippen LogP contribution < -0.4 is 9.47 Å². The third-order valence-electron chi connectivity index (χ3n) is 4.13. The maximum Gasteiger partial charge on any atom is 0.161 e. The van der Waals surface area contributed by atoms with Crippen LogP contribution in [0.5, 0.6) is 11.5 Å². The van der Waals surface area contributed by atoms with Gasteiger partial charge in [-0.2, -0.15) is 0 Å². The number of methoxy groups -OCH3 is 2. The van der Waals surface area contributed by atoms with Crippen molar-refractivity contribution < 1.29 is 18.3 Å². The summed E-state index contributed by atoms with van der Waals surface area (Å²) in [6.45, 7) is 2.07. The molecule has 0 amide bonds. The Morgan fingerprint density at radius 3 is 2.13 bits per heavy atom. The first-order valence-electron chi connectivity index (χ1n) is 7.50. The number of benzene rings is 2. The highest BCUT2D eigenvalue weighted by molar-refractivity contribution is 5.48. The van der Waals surface area contributed by atoms with Gasteiger partial charge in [0.25, 0.3) is 0 Å². The van der Waals surface area contributed by atoms with E-state index in [1.807, 2.05) is 12.1 Å². The number of nitrogens with zero attached hydrogens (tertiary/aromatic N) is 1. The number of rotatable bonds is 4. The minimum Gasteiger partial charge on any atom is -0.493 e. The van der Waals surface area contributed by atoms with E-state index in [0.29, 0.717) is 24.4 Å². The molecule has 0 radical (unpaired) electrons. The van der Waals surface area contributed by atoms with Gasteiger partial charge < -0.3 is 9.47 Å². The Hall–Kier alpha value is -2.14. The van der Waals surface area contributed by atoms with Crippen molar-refractivity contribution in [3.8, 4) is 11.5 Å². The SMILES string of the molecule is COc1cc2c(cc1OC)CN(Cc1cc(F)cc(F)c1)CC2. The summed E-state index contributed by atoms with van der Waals surface area (Å²) in [5, 5.41) is 0. The maximum atomic E-state index is 13.3. The molecular formula is C18H19F2NO2. The molecule has 0 fully saturated rings. The Balaban J connectivity index is 1.79. The fraction of sp³-hybridized carbons (Fsp3) is 0.333. The van der Waals surface area contributed by atoms with Gasteiger partial charge in [-0.25, -0.2) is 8.78 Å². The van der Waals surface area contributed by atoms with E-state index in [0.717, 1.165) is 30.3 Å². The molecule has 3 rings (SSSR count). The van der Waals surface area contributed by atoms with Crippen LogP contribution >= 0.6 is 0 Å². The molecule has 3 nitrogen and oxygen atoms in total. The lowest BCUT2D eigenvalue weighted by Gasteiger charge is -2.29. The lowest BCUT2D eigenvalue weighted by Crippen LogP contribution is -2.30. The molecule has 0 spiro atoms. The first-order chi connectivity index (χ1) is 11.1. The number of ether oxygens (including phenoxy) is 2. The molecule has 5 heteroatoms. The van der Waals surface area contributed by atoms with Crippen LogP contribution in [0.2, 0.25) is 0 Å². The summed E-state index contributed by atoms with van der Waals surface area (Å²) in [5.74, 6) is 0.351. The second kappa shape index (κ2) is 6.54. The normalized spacial score (nSPS) is 14.4. The minimum absolute atomic E-state index is 0.516. The average molecular weight is 319 g/mol. The fourth-order valence-corrected chi connectivity index (χ4v) is 3.04. The summed E-state index contributed by atoms with van der Waals surface area (Å²) in [5.41, 5.74) is 3.03. The highest BCUT2D eigenvalue weighted by Gasteiger charge is 2.19. The lowest BCUT2D eigenvalue weighted by molar-refractivity contribution is 0.243. The molecule has 0 aromatic heterocycles. The van der Waals surface area contributed by atoms with Crippen molar-refractivity contribution in [3.63, 3.8) is 0 Å². The van der Waals surface area contributed by atoms with Crippen molar-refractivity contribution in [2.45, 2.75) is 19.5 Å². The van der Waals surface area contributed by atoms with Crippen molar-refractivity contribution in [1.82, 2.24) is 4.90 Å². The predicted molar refractivity (Wildman–Crippen MR) is 83.7 cm³/mol. The Labute approximate surface area is 134 Å². The molecule has 0 N–H and O–H groups in total. The topological polar surface area (TPSA) is 21.7 Å². The zero-order valence-corrected chi connectivity index (χ0v) is 13.2. The summed E-state index contributed by atoms with van der Waals surface area (Å²) in [6.07, 6.45) is 0.869. The van der Waals surface area contributed by atoms with Crippen LogP contribution in [-0.2, 0) is 19.5 Å². The number of halogens is 2. The molecule has 2 aromatic carbocycles. The number of hydrogen-bond acceptors (Lipinski definition) is 3. The van der Waals surface area contributed by atoms with Gasteiger partial charge in [0, 0.05) is 25.7 Å². The highest BCUT2D eigenvalue weighted by atomic mass is 19.1. The monoisotopic (exact) mass is 319 g/mol. The molecule has 23 heavy (non-hydrogen) atoms. The Morgan fingerprint density at radius 2 is 1.52 bits per heavy atom. The minimum atomic E-state index is -0.538. The van der Waals surface area contributed by atoms with Crippen LogP contribution in [0.25, 0.3) is 0 Å². The second-order valence-electron chi connectivity index (χ2n) is 5.71. The van der Waals surface area contributed by atoms with Gasteiger partial charge in [0.1, 0.15) is 11.6 Å². The van der Waals surface area contributed by atoms with Crippen LogP contribution in [0.3, 0.4) is 0 Å². The summed E-state index contributed by atoms with van der Waals surface area (Å²) >= 11 is 0. The highest BCUT2D eigenvalue weighted by Crippen LogP contribution is 2.33. The van der Waals surface area contributed by atoms with Crippen LogP contribution in [0, 0.1) is 11.6 Å². The van der Waals surface area contributed by atoms with Gasteiger partial charge in [0.05, 0.1) is 14.2 Å². The Kier molecular flexibility index (Phi) is 4.48. The molecule has 1 heterocycles. The van der Waals surface area contributed by atoms with Crippen LogP contribution in [-0.4, -0.2) is 25.7 Å². The van der Waals surface area contributed by atoms with E-state index in [4.69, 9.17) is 9.47 Å². The average Bonchev–Trinajstić information content (AvgIpc) is 2.52. The van der Waals surface area contributed by atoms with E-state index >= 15 is 0 Å². The largest absolute Gasteiger partial charge is 0.493 e. The second-order valence-corrected chi connectivity index (χ2v) is 5.71. The molecule has 2 aromatic rings. The van der Waals surface area contributed by atoms with Gasteiger partial charge in [-0.15, -0.1) is 0 Å². The predicted octanol–water partition coefficient (Wildman–Crippen LogP) is 3.54. The molecule has 0 unspecified atom stereocenters. The molecule has 122 valence electrons. The van der Waals surface area contributed by atoms with E-state index in [1.165, 1.54) is 17.7 Å². The summed E-state index contributed by atoms with van der Waals surface area (Å²) in [6, 6.07) is 7.65. The summed E-state index contributed by atoms with van der Waals surface area (Å²) in [4.78, 5) is 2.17. The molecule has 1 aliphatic rings. The molecule has 0 bridgehead atoms. The summed E-state index contributed by atoms with van der Waals surface area (Å²) in [7, 11) is 3.23. The number of fused-ring (bicyclic) bond motifs is 1. The van der Waals surface area contributed by atoms with Crippen LogP contribution in [0.15, 0.2) is 30.3 Å². The van der Waals surface area contributed by atoms with Gasteiger partial charge in [-0.05, 0) is 47.4 Å². The van der Waals surface area contributed by atoms with Gasteiger partial charge in [0.2, 0.25) is 0 Å². The van der Waals surface area contributed by atoms with Gasteiger partial charge in [0.15, 0.2) is 11.5 Å². The molecule has 0 saturated heterocycles. The quantitative estimate of drug-likeness (QED) is 0.860. The van der Waals surface area contributed by atoms with E-state index in [9.17, 15) is 8.78 Å². The van der Waals surface area contributed by atoms with Crippen LogP contribution in [0.1, 0.15) is 16.7 Å². The Bertz CT molecular complexity index is 698. The smallest absolute Gasteiger partial charge is 0.161 e. The first-order valence-corrected chi connectivity index (χ1v) is 7.50. The first kappa shape index (κ1) is 15.7. The zero-order valence-electron chi connectivity index (χ0n) is 13.2. The van der Waals surface area contributed by atoms with Gasteiger partial charge in [-0.3, -0.25) is 4.90 Å². The Morgan fingerprint density at radius 1 is 0.913 bits per heavy atom. The maximum absolute atomic E-state index is 13.3. The van der Waals surface area contributed by atoms with Crippen molar-refractivity contribution in [2.75, 3.05) is 20.8 Å². The van der Waals surface area contributed by atoms with Crippen molar-refractivity contribution in [3.05, 3.63) is 58.7 Å². The molecule has 0 atom stereocenters. The third-order valence-corrected chi connectivity index (χ3v) is 4.13.